The number of carbonyl (C=O) groups is 2. The van der Waals surface area contributed by atoms with E-state index in [0.29, 0.717) is 6.42 Å². The molecule has 0 rings (SSSR count). The maximum Gasteiger partial charge on any atom is 0.318 e. The third kappa shape index (κ3) is 3.57. The van der Waals surface area contributed by atoms with Crippen molar-refractivity contribution in [1.82, 2.24) is 5.32 Å². The quantitative estimate of drug-likeness (QED) is 0.655. The van der Waals surface area contributed by atoms with Crippen LogP contribution in [0.3, 0.4) is 0 Å². The number of halogens is 1. The third-order valence-corrected chi connectivity index (χ3v) is 1.79. The maximum atomic E-state index is 11.1. The molecular formula is C7H13ClN2O2. The second-order valence-electron chi connectivity index (χ2n) is 2.77. The van der Waals surface area contributed by atoms with E-state index in [0.717, 1.165) is 6.42 Å². The van der Waals surface area contributed by atoms with Gasteiger partial charge in [0.2, 0.25) is 5.91 Å². The summed E-state index contributed by atoms with van der Waals surface area (Å²) in [4.78, 5) is 20.4. The number of rotatable bonds is 3. The zero-order valence-electron chi connectivity index (χ0n) is 7.19. The number of imide groups is 1. The molecule has 1 unspecified atom stereocenters. The molecule has 0 spiro atoms. The molecule has 1 atom stereocenters. The Morgan fingerprint density at radius 3 is 2.42 bits per heavy atom. The topological polar surface area (TPSA) is 72.2 Å². The van der Waals surface area contributed by atoms with Crippen LogP contribution in [0.4, 0.5) is 4.79 Å². The SMILES string of the molecule is CCCC(C)(Cl)C(=O)NC(N)=O. The molecule has 0 aromatic rings. The van der Waals surface area contributed by atoms with E-state index in [4.69, 9.17) is 17.3 Å². The summed E-state index contributed by atoms with van der Waals surface area (Å²) in [6, 6.07) is -0.872. The summed E-state index contributed by atoms with van der Waals surface area (Å²) in [7, 11) is 0. The molecule has 5 heteroatoms. The number of primary amides is 1. The highest BCUT2D eigenvalue weighted by molar-refractivity contribution is 6.35. The first-order valence-corrected chi connectivity index (χ1v) is 4.07. The van der Waals surface area contributed by atoms with Crippen molar-refractivity contribution < 1.29 is 9.59 Å². The number of urea groups is 1. The molecule has 0 aromatic heterocycles. The fraction of sp³-hybridized carbons (Fsp3) is 0.714. The van der Waals surface area contributed by atoms with Crippen LogP contribution >= 0.6 is 11.6 Å². The molecule has 12 heavy (non-hydrogen) atoms. The van der Waals surface area contributed by atoms with Crippen LogP contribution < -0.4 is 11.1 Å². The molecule has 4 nitrogen and oxygen atoms in total. The first-order chi connectivity index (χ1) is 5.40. The van der Waals surface area contributed by atoms with Gasteiger partial charge < -0.3 is 5.73 Å². The molecule has 0 saturated heterocycles. The summed E-state index contributed by atoms with van der Waals surface area (Å²) in [5, 5.41) is 1.94. The highest BCUT2D eigenvalue weighted by Crippen LogP contribution is 2.20. The average Bonchev–Trinajstić information content (AvgIpc) is 1.85. The van der Waals surface area contributed by atoms with Crippen LogP contribution in [0.5, 0.6) is 0 Å². The second-order valence-corrected chi connectivity index (χ2v) is 3.60. The van der Waals surface area contributed by atoms with Crippen molar-refractivity contribution in [2.75, 3.05) is 0 Å². The molecule has 3 amide bonds. The van der Waals surface area contributed by atoms with Gasteiger partial charge in [-0.3, -0.25) is 10.1 Å². The predicted octanol–water partition coefficient (Wildman–Crippen LogP) is 0.979. The van der Waals surface area contributed by atoms with Gasteiger partial charge in [-0.15, -0.1) is 11.6 Å². The Balaban J connectivity index is 4.15. The van der Waals surface area contributed by atoms with Crippen molar-refractivity contribution in [1.29, 1.82) is 0 Å². The molecule has 0 bridgehead atoms. The lowest BCUT2D eigenvalue weighted by atomic mass is 10.0. The maximum absolute atomic E-state index is 11.1. The Morgan fingerprint density at radius 1 is 1.58 bits per heavy atom. The lowest BCUT2D eigenvalue weighted by molar-refractivity contribution is -0.122. The molecular weight excluding hydrogens is 180 g/mol. The molecule has 0 aliphatic carbocycles. The number of nitrogens with one attached hydrogen (secondary N) is 1. The minimum atomic E-state index is -1.04. The lowest BCUT2D eigenvalue weighted by Crippen LogP contribution is -2.45. The van der Waals surface area contributed by atoms with Crippen molar-refractivity contribution >= 4 is 23.5 Å². The van der Waals surface area contributed by atoms with Gasteiger partial charge in [0.25, 0.3) is 0 Å². The summed E-state index contributed by atoms with van der Waals surface area (Å²) in [6.45, 7) is 3.45. The van der Waals surface area contributed by atoms with Gasteiger partial charge in [0.15, 0.2) is 0 Å². The van der Waals surface area contributed by atoms with Crippen LogP contribution in [0, 0.1) is 0 Å². The summed E-state index contributed by atoms with van der Waals surface area (Å²) < 4.78 is 0. The van der Waals surface area contributed by atoms with Crippen molar-refractivity contribution in [3.05, 3.63) is 0 Å². The van der Waals surface area contributed by atoms with Crippen LogP contribution in [0.15, 0.2) is 0 Å². The van der Waals surface area contributed by atoms with Gasteiger partial charge in [0, 0.05) is 0 Å². The van der Waals surface area contributed by atoms with Gasteiger partial charge in [-0.1, -0.05) is 13.3 Å². The Kier molecular flexibility index (Phi) is 4.03. The zero-order valence-corrected chi connectivity index (χ0v) is 7.94. The smallest absolute Gasteiger partial charge is 0.318 e. The normalized spacial score (nSPS) is 14.9. The van der Waals surface area contributed by atoms with E-state index in [-0.39, 0.29) is 0 Å². The Labute approximate surface area is 76.4 Å². The second kappa shape index (κ2) is 4.30. The standard InChI is InChI=1S/C7H13ClN2O2/c1-3-4-7(2,8)5(11)10-6(9)12/h3-4H2,1-2H3,(H3,9,10,11,12). The number of carbonyl (C=O) groups excluding carboxylic acids is 2. The van der Waals surface area contributed by atoms with Crippen LogP contribution in [0.1, 0.15) is 26.7 Å². The summed E-state index contributed by atoms with van der Waals surface area (Å²) in [5.41, 5.74) is 4.76. The Hall–Kier alpha value is -0.770. The molecule has 0 aromatic carbocycles. The first-order valence-electron chi connectivity index (χ1n) is 3.70. The summed E-state index contributed by atoms with van der Waals surface area (Å²) >= 11 is 5.81. The molecule has 0 radical (unpaired) electrons. The van der Waals surface area contributed by atoms with E-state index in [2.05, 4.69) is 0 Å². The van der Waals surface area contributed by atoms with Gasteiger partial charge in [-0.25, -0.2) is 4.79 Å². The number of hydrogen-bond acceptors (Lipinski definition) is 2. The van der Waals surface area contributed by atoms with Crippen molar-refractivity contribution in [3.63, 3.8) is 0 Å². The molecule has 0 aliphatic rings. The molecule has 0 aliphatic heterocycles. The average molecular weight is 193 g/mol. The predicted molar refractivity (Wildman–Crippen MR) is 46.9 cm³/mol. The van der Waals surface area contributed by atoms with Crippen LogP contribution in [0.2, 0.25) is 0 Å². The molecule has 70 valence electrons. The fourth-order valence-electron chi connectivity index (χ4n) is 0.825. The van der Waals surface area contributed by atoms with Gasteiger partial charge in [-0.2, -0.15) is 0 Å². The Bertz CT molecular complexity index is 192. The number of amides is 3. The van der Waals surface area contributed by atoms with E-state index in [1.54, 1.807) is 6.92 Å². The summed E-state index contributed by atoms with van der Waals surface area (Å²) in [6.07, 6.45) is 1.28. The Morgan fingerprint density at radius 2 is 2.08 bits per heavy atom. The van der Waals surface area contributed by atoms with Crippen LogP contribution in [0.25, 0.3) is 0 Å². The fourth-order valence-corrected chi connectivity index (χ4v) is 1.06. The zero-order chi connectivity index (χ0) is 9.78. The monoisotopic (exact) mass is 192 g/mol. The van der Waals surface area contributed by atoms with Crippen LogP contribution in [-0.4, -0.2) is 16.8 Å². The number of hydrogen-bond donors (Lipinski definition) is 2. The highest BCUT2D eigenvalue weighted by Gasteiger charge is 2.30. The van der Waals surface area contributed by atoms with Crippen molar-refractivity contribution in [2.24, 2.45) is 5.73 Å². The van der Waals surface area contributed by atoms with Crippen molar-refractivity contribution in [2.45, 2.75) is 31.6 Å². The van der Waals surface area contributed by atoms with E-state index in [1.165, 1.54) is 0 Å². The van der Waals surface area contributed by atoms with E-state index >= 15 is 0 Å². The van der Waals surface area contributed by atoms with Crippen LogP contribution in [-0.2, 0) is 4.79 Å². The third-order valence-electron chi connectivity index (χ3n) is 1.43. The highest BCUT2D eigenvalue weighted by atomic mass is 35.5. The van der Waals surface area contributed by atoms with Gasteiger partial charge in [0.1, 0.15) is 4.87 Å². The first kappa shape index (κ1) is 11.2. The largest absolute Gasteiger partial charge is 0.351 e. The molecule has 0 saturated carbocycles. The van der Waals surface area contributed by atoms with Gasteiger partial charge in [-0.05, 0) is 13.3 Å². The van der Waals surface area contributed by atoms with E-state index in [9.17, 15) is 9.59 Å². The molecule has 3 N–H and O–H groups in total. The number of alkyl halides is 1. The summed E-state index contributed by atoms with van der Waals surface area (Å²) in [5.74, 6) is -0.543. The number of nitrogens with two attached hydrogens (primary N) is 1. The molecule has 0 heterocycles. The lowest BCUT2D eigenvalue weighted by Gasteiger charge is -2.18. The van der Waals surface area contributed by atoms with Crippen molar-refractivity contribution in [3.8, 4) is 0 Å². The van der Waals surface area contributed by atoms with E-state index in [1.807, 2.05) is 12.2 Å². The minimum absolute atomic E-state index is 0.508. The van der Waals surface area contributed by atoms with Gasteiger partial charge >= 0.3 is 6.03 Å². The van der Waals surface area contributed by atoms with E-state index < -0.39 is 16.8 Å². The minimum Gasteiger partial charge on any atom is -0.351 e. The van der Waals surface area contributed by atoms with Gasteiger partial charge in [0.05, 0.1) is 0 Å². The molecule has 0 fully saturated rings.